The van der Waals surface area contributed by atoms with Crippen LogP contribution in [0.1, 0.15) is 37.3 Å². The van der Waals surface area contributed by atoms with Crippen LogP contribution in [-0.4, -0.2) is 43.7 Å². The molecule has 2 aliphatic rings. The second-order valence-corrected chi connectivity index (χ2v) is 9.11. The lowest BCUT2D eigenvalue weighted by Crippen LogP contribution is -2.48. The second-order valence-electron chi connectivity index (χ2n) is 7.78. The van der Waals surface area contributed by atoms with Gasteiger partial charge in [0.1, 0.15) is 4.93 Å². The predicted molar refractivity (Wildman–Crippen MR) is 114 cm³/mol. The molecule has 2 aromatic rings. The van der Waals surface area contributed by atoms with Crippen LogP contribution in [0.25, 0.3) is 0 Å². The Balaban J connectivity index is 1.63. The van der Waals surface area contributed by atoms with Gasteiger partial charge in [-0.05, 0) is 24.0 Å². The van der Waals surface area contributed by atoms with E-state index in [-0.39, 0.29) is 18.1 Å². The Bertz CT molecular complexity index is 801. The van der Waals surface area contributed by atoms with E-state index in [2.05, 4.69) is 31.2 Å². The molecule has 2 aromatic carbocycles. The van der Waals surface area contributed by atoms with Crippen molar-refractivity contribution in [1.29, 1.82) is 0 Å². The van der Waals surface area contributed by atoms with E-state index in [4.69, 9.17) is 0 Å². The Hall–Kier alpha value is -1.98. The van der Waals surface area contributed by atoms with Crippen molar-refractivity contribution in [2.75, 3.05) is 5.75 Å². The number of carbonyl (C=O) groups excluding carboxylic acids is 1. The number of thioether (sulfide) groups is 1. The van der Waals surface area contributed by atoms with Crippen molar-refractivity contribution < 1.29 is 9.90 Å². The Labute approximate surface area is 171 Å². The fourth-order valence-electron chi connectivity index (χ4n) is 4.41. The van der Waals surface area contributed by atoms with Gasteiger partial charge in [-0.25, -0.2) is 4.79 Å². The molecule has 2 saturated heterocycles. The third-order valence-corrected chi connectivity index (χ3v) is 7.29. The molecule has 0 aromatic heterocycles. The van der Waals surface area contributed by atoms with E-state index in [0.29, 0.717) is 13.1 Å². The summed E-state index contributed by atoms with van der Waals surface area (Å²) in [4.78, 5) is 16.4. The molecule has 0 aliphatic carbocycles. The maximum Gasteiger partial charge on any atom is 0.321 e. The van der Waals surface area contributed by atoms with Crippen molar-refractivity contribution in [2.45, 2.75) is 56.3 Å². The summed E-state index contributed by atoms with van der Waals surface area (Å²) in [5.74, 6) is 0.786. The average Bonchev–Trinajstić information content (AvgIpc) is 3.19. The molecular weight excluding hydrogens is 368 g/mol. The Morgan fingerprint density at radius 3 is 2.14 bits per heavy atom. The van der Waals surface area contributed by atoms with Crippen LogP contribution in [0.4, 0.5) is 4.79 Å². The van der Waals surface area contributed by atoms with Crippen molar-refractivity contribution in [3.63, 3.8) is 0 Å². The Morgan fingerprint density at radius 1 is 1.00 bits per heavy atom. The van der Waals surface area contributed by atoms with E-state index >= 15 is 0 Å². The standard InChI is InChI=1S/C23H28N2O2S/c1-2-3-14-23(27)21-20(17-28-23)24(15-18-10-6-4-7-11-18)22(26)25(21)16-19-12-8-5-9-13-19/h4-13,20-21,27H,2-3,14-17H2,1H3/t20-,21-,23?/m0/s1. The quantitative estimate of drug-likeness (QED) is 0.702. The van der Waals surface area contributed by atoms with E-state index in [1.54, 1.807) is 11.8 Å². The molecule has 3 atom stereocenters. The van der Waals surface area contributed by atoms with Gasteiger partial charge < -0.3 is 14.9 Å². The highest BCUT2D eigenvalue weighted by Crippen LogP contribution is 2.48. The van der Waals surface area contributed by atoms with E-state index in [1.807, 2.05) is 46.2 Å². The molecule has 2 fully saturated rings. The van der Waals surface area contributed by atoms with Crippen LogP contribution >= 0.6 is 11.8 Å². The molecule has 28 heavy (non-hydrogen) atoms. The van der Waals surface area contributed by atoms with Gasteiger partial charge in [-0.1, -0.05) is 74.0 Å². The van der Waals surface area contributed by atoms with Crippen molar-refractivity contribution in [1.82, 2.24) is 9.80 Å². The molecule has 0 radical (unpaired) electrons. The summed E-state index contributed by atoms with van der Waals surface area (Å²) in [5, 5.41) is 11.5. The van der Waals surface area contributed by atoms with Crippen LogP contribution in [-0.2, 0) is 13.1 Å². The number of urea groups is 1. The monoisotopic (exact) mass is 396 g/mol. The number of nitrogens with zero attached hydrogens (tertiary/aromatic N) is 2. The van der Waals surface area contributed by atoms with Gasteiger partial charge in [0.25, 0.3) is 0 Å². The lowest BCUT2D eigenvalue weighted by atomic mass is 9.97. The third kappa shape index (κ3) is 3.65. The van der Waals surface area contributed by atoms with Crippen molar-refractivity contribution >= 4 is 17.8 Å². The van der Waals surface area contributed by atoms with Gasteiger partial charge in [-0.2, -0.15) is 0 Å². The van der Waals surface area contributed by atoms with Crippen LogP contribution in [0.5, 0.6) is 0 Å². The van der Waals surface area contributed by atoms with Gasteiger partial charge in [-0.3, -0.25) is 0 Å². The summed E-state index contributed by atoms with van der Waals surface area (Å²) < 4.78 is 0. The Kier molecular flexibility index (Phi) is 5.65. The highest BCUT2D eigenvalue weighted by atomic mass is 32.2. The number of amides is 2. The zero-order chi connectivity index (χ0) is 19.6. The minimum atomic E-state index is -0.865. The van der Waals surface area contributed by atoms with Crippen LogP contribution in [0, 0.1) is 0 Å². The number of rotatable bonds is 7. The number of benzene rings is 2. The first-order chi connectivity index (χ1) is 13.6. The van der Waals surface area contributed by atoms with Crippen LogP contribution in [0.15, 0.2) is 60.7 Å². The van der Waals surface area contributed by atoms with Gasteiger partial charge >= 0.3 is 6.03 Å². The van der Waals surface area contributed by atoms with Gasteiger partial charge in [0, 0.05) is 18.8 Å². The molecule has 2 aliphatic heterocycles. The number of hydrogen-bond acceptors (Lipinski definition) is 3. The van der Waals surface area contributed by atoms with Crippen LogP contribution < -0.4 is 0 Å². The fourth-order valence-corrected chi connectivity index (χ4v) is 5.97. The molecule has 4 nitrogen and oxygen atoms in total. The molecule has 5 heteroatoms. The molecule has 0 spiro atoms. The normalized spacial score (nSPS) is 26.7. The number of hydrogen-bond donors (Lipinski definition) is 1. The van der Waals surface area contributed by atoms with Gasteiger partial charge in [0.2, 0.25) is 0 Å². The van der Waals surface area contributed by atoms with Gasteiger partial charge in [-0.15, -0.1) is 11.8 Å². The Morgan fingerprint density at radius 2 is 1.57 bits per heavy atom. The minimum Gasteiger partial charge on any atom is -0.377 e. The van der Waals surface area contributed by atoms with Gasteiger partial charge in [0.15, 0.2) is 0 Å². The zero-order valence-electron chi connectivity index (χ0n) is 16.3. The molecule has 1 N–H and O–H groups in total. The summed E-state index contributed by atoms with van der Waals surface area (Å²) >= 11 is 1.63. The lowest BCUT2D eigenvalue weighted by molar-refractivity contribution is 0.0428. The maximum atomic E-state index is 13.4. The summed E-state index contributed by atoms with van der Waals surface area (Å²) in [7, 11) is 0. The summed E-state index contributed by atoms with van der Waals surface area (Å²) in [6.07, 6.45) is 2.74. The molecule has 0 saturated carbocycles. The molecule has 2 amide bonds. The molecule has 4 rings (SSSR count). The zero-order valence-corrected chi connectivity index (χ0v) is 17.1. The van der Waals surface area contributed by atoms with Crippen LogP contribution in [0.3, 0.4) is 0 Å². The lowest BCUT2D eigenvalue weighted by Gasteiger charge is -2.34. The first-order valence-corrected chi connectivity index (χ1v) is 11.1. The predicted octanol–water partition coefficient (Wildman–Crippen LogP) is 4.49. The largest absolute Gasteiger partial charge is 0.377 e. The first-order valence-electron chi connectivity index (χ1n) is 10.1. The number of carbonyl (C=O) groups is 1. The van der Waals surface area contributed by atoms with Crippen molar-refractivity contribution in [2.24, 2.45) is 0 Å². The maximum absolute atomic E-state index is 13.4. The second kappa shape index (κ2) is 8.18. The van der Waals surface area contributed by atoms with E-state index in [0.717, 1.165) is 36.1 Å². The molecule has 1 unspecified atom stereocenters. The summed E-state index contributed by atoms with van der Waals surface area (Å²) in [5.41, 5.74) is 2.23. The smallest absolute Gasteiger partial charge is 0.321 e. The number of fused-ring (bicyclic) bond motifs is 1. The number of aliphatic hydroxyl groups is 1. The molecule has 148 valence electrons. The SMILES string of the molecule is CCCCC1(O)SC[C@H]2[C@@H]1N(Cc1ccccc1)C(=O)N2Cc1ccccc1. The van der Waals surface area contributed by atoms with Crippen molar-refractivity contribution in [3.8, 4) is 0 Å². The average molecular weight is 397 g/mol. The van der Waals surface area contributed by atoms with E-state index in [1.165, 1.54) is 0 Å². The highest BCUT2D eigenvalue weighted by Gasteiger charge is 2.59. The highest BCUT2D eigenvalue weighted by molar-refractivity contribution is 8.00. The first kappa shape index (κ1) is 19.3. The molecular formula is C23H28N2O2S. The van der Waals surface area contributed by atoms with Crippen LogP contribution in [0.2, 0.25) is 0 Å². The third-order valence-electron chi connectivity index (χ3n) is 5.84. The molecule has 0 bridgehead atoms. The van der Waals surface area contributed by atoms with E-state index in [9.17, 15) is 9.90 Å². The number of unbranched alkanes of at least 4 members (excludes halogenated alkanes) is 1. The molecule has 2 heterocycles. The van der Waals surface area contributed by atoms with Gasteiger partial charge in [0.05, 0.1) is 12.1 Å². The topological polar surface area (TPSA) is 43.8 Å². The summed E-state index contributed by atoms with van der Waals surface area (Å²) in [6, 6.07) is 20.2. The van der Waals surface area contributed by atoms with E-state index < -0.39 is 4.93 Å². The minimum absolute atomic E-state index is 0.0397. The fraction of sp³-hybridized carbons (Fsp3) is 0.435. The summed E-state index contributed by atoms with van der Waals surface area (Å²) in [6.45, 7) is 3.28. The van der Waals surface area contributed by atoms with Crippen molar-refractivity contribution in [3.05, 3.63) is 71.8 Å².